The summed E-state index contributed by atoms with van der Waals surface area (Å²) in [6.07, 6.45) is 5.26. The van der Waals surface area contributed by atoms with Gasteiger partial charge in [-0.05, 0) is 30.0 Å². The second-order valence-electron chi connectivity index (χ2n) is 8.39. The van der Waals surface area contributed by atoms with E-state index in [1.165, 1.54) is 73.4 Å². The van der Waals surface area contributed by atoms with Gasteiger partial charge in [0.05, 0.1) is 25.3 Å². The molecular weight excluding hydrogens is 312 g/mol. The molecular formula is C21H27N2O2+. The number of piperidine rings is 3. The third kappa shape index (κ3) is 2.20. The molecule has 6 rings (SSSR count). The van der Waals surface area contributed by atoms with Crippen LogP contribution in [0, 0.1) is 11.8 Å². The molecule has 4 nitrogen and oxygen atoms in total. The highest BCUT2D eigenvalue weighted by Crippen LogP contribution is 2.53. The molecule has 1 N–H and O–H groups in total. The molecule has 25 heavy (non-hydrogen) atoms. The Balaban J connectivity index is 1.57. The van der Waals surface area contributed by atoms with Crippen molar-refractivity contribution in [3.63, 3.8) is 0 Å². The number of H-pyrrole nitrogens is 1. The number of aromatic nitrogens is 1. The lowest BCUT2D eigenvalue weighted by Gasteiger charge is -2.59. The van der Waals surface area contributed by atoms with E-state index < -0.39 is 0 Å². The molecule has 0 aliphatic carbocycles. The summed E-state index contributed by atoms with van der Waals surface area (Å²) in [5, 5.41) is 1.32. The standard InChI is InChI=1S/C21H27N2O2/c1-3-14-12-23-8-6-15(14)10-20(23)21-18(7-9-23)17-5-4-16(25-13(2)24)11-19(17)22-21/h4-5,11,14-15,20,22H,3,6-10,12H2,1-2H3/q+1/t14-,15-,20-,23+/m0/s1. The van der Waals surface area contributed by atoms with Crippen molar-refractivity contribution < 1.29 is 14.0 Å². The highest BCUT2D eigenvalue weighted by atomic mass is 16.5. The van der Waals surface area contributed by atoms with Crippen LogP contribution in [0.4, 0.5) is 0 Å². The average molecular weight is 339 g/mol. The van der Waals surface area contributed by atoms with Gasteiger partial charge in [-0.15, -0.1) is 0 Å². The number of nitrogens with one attached hydrogen (secondary N) is 1. The Morgan fingerprint density at radius 1 is 1.36 bits per heavy atom. The Hall–Kier alpha value is -1.81. The number of benzene rings is 1. The number of ether oxygens (including phenoxy) is 1. The quantitative estimate of drug-likeness (QED) is 0.511. The first-order chi connectivity index (χ1) is 12.1. The number of carbonyl (C=O) groups excluding carboxylic acids is 1. The van der Waals surface area contributed by atoms with Gasteiger partial charge in [-0.3, -0.25) is 4.79 Å². The molecule has 1 aromatic carbocycles. The van der Waals surface area contributed by atoms with Crippen LogP contribution in [0.15, 0.2) is 18.2 Å². The second-order valence-corrected chi connectivity index (χ2v) is 8.39. The van der Waals surface area contributed by atoms with Crippen LogP contribution in [0.3, 0.4) is 0 Å². The third-order valence-corrected chi connectivity index (χ3v) is 7.23. The van der Waals surface area contributed by atoms with Gasteiger partial charge in [0.15, 0.2) is 0 Å². The predicted octanol–water partition coefficient (Wildman–Crippen LogP) is 3.96. The van der Waals surface area contributed by atoms with Crippen molar-refractivity contribution in [3.05, 3.63) is 29.5 Å². The minimum absolute atomic E-state index is 0.263. The van der Waals surface area contributed by atoms with E-state index in [0.29, 0.717) is 11.8 Å². The molecule has 4 aliphatic rings. The molecule has 4 aliphatic heterocycles. The normalized spacial score (nSPS) is 33.1. The van der Waals surface area contributed by atoms with Crippen molar-refractivity contribution in [2.24, 2.45) is 11.8 Å². The highest BCUT2D eigenvalue weighted by molar-refractivity contribution is 5.87. The SMILES string of the molecule is CC[C@H]1C[N@@+]23CCc4c([nH]c5cc(OC(C)=O)ccc45)[C@@H]2C[C@@H]1CC3. The minimum atomic E-state index is -0.263. The van der Waals surface area contributed by atoms with Crippen molar-refractivity contribution in [1.82, 2.24) is 4.98 Å². The predicted molar refractivity (Wildman–Crippen MR) is 97.4 cm³/mol. The first kappa shape index (κ1) is 15.4. The van der Waals surface area contributed by atoms with E-state index in [0.717, 1.165) is 17.4 Å². The van der Waals surface area contributed by atoms with E-state index in [-0.39, 0.29) is 5.97 Å². The number of esters is 1. The molecule has 3 saturated heterocycles. The van der Waals surface area contributed by atoms with E-state index in [1.54, 1.807) is 0 Å². The number of quaternary nitrogens is 1. The average Bonchev–Trinajstić information content (AvgIpc) is 2.98. The number of carbonyl (C=O) groups is 1. The molecule has 132 valence electrons. The van der Waals surface area contributed by atoms with Gasteiger partial charge in [-0.25, -0.2) is 0 Å². The number of aromatic amines is 1. The summed E-state index contributed by atoms with van der Waals surface area (Å²) in [5.74, 6) is 2.20. The van der Waals surface area contributed by atoms with E-state index >= 15 is 0 Å². The fraction of sp³-hybridized carbons (Fsp3) is 0.571. The maximum atomic E-state index is 11.2. The van der Waals surface area contributed by atoms with Crippen LogP contribution in [0.5, 0.6) is 5.75 Å². The van der Waals surface area contributed by atoms with Gasteiger partial charge in [0, 0.05) is 49.1 Å². The number of nitrogens with zero attached hydrogens (tertiary/aromatic N) is 1. The van der Waals surface area contributed by atoms with Crippen LogP contribution in [-0.4, -0.2) is 35.1 Å². The zero-order valence-corrected chi connectivity index (χ0v) is 15.2. The van der Waals surface area contributed by atoms with Crippen molar-refractivity contribution >= 4 is 16.9 Å². The summed E-state index contributed by atoms with van der Waals surface area (Å²) in [6, 6.07) is 6.70. The summed E-state index contributed by atoms with van der Waals surface area (Å²) in [5.41, 5.74) is 4.11. The Kier molecular flexibility index (Phi) is 3.30. The first-order valence-corrected chi connectivity index (χ1v) is 9.78. The number of hydrogen-bond acceptors (Lipinski definition) is 2. The fourth-order valence-corrected chi connectivity index (χ4v) is 6.06. The fourth-order valence-electron chi connectivity index (χ4n) is 6.06. The zero-order chi connectivity index (χ0) is 17.2. The van der Waals surface area contributed by atoms with Gasteiger partial charge in [-0.1, -0.05) is 6.92 Å². The first-order valence-electron chi connectivity index (χ1n) is 9.78. The van der Waals surface area contributed by atoms with Gasteiger partial charge in [0.25, 0.3) is 0 Å². The van der Waals surface area contributed by atoms with Crippen LogP contribution >= 0.6 is 0 Å². The summed E-state index contributed by atoms with van der Waals surface area (Å²) in [4.78, 5) is 15.0. The molecule has 2 aromatic rings. The lowest BCUT2D eigenvalue weighted by Crippen LogP contribution is -2.65. The summed E-state index contributed by atoms with van der Waals surface area (Å²) >= 11 is 0. The van der Waals surface area contributed by atoms with Gasteiger partial charge in [0.1, 0.15) is 11.8 Å². The molecule has 0 saturated carbocycles. The van der Waals surface area contributed by atoms with Gasteiger partial charge in [-0.2, -0.15) is 0 Å². The summed E-state index contributed by atoms with van der Waals surface area (Å²) in [6.45, 7) is 7.85. The molecule has 1 spiro atoms. The highest BCUT2D eigenvalue weighted by Gasteiger charge is 2.54. The van der Waals surface area contributed by atoms with E-state index in [9.17, 15) is 4.79 Å². The topological polar surface area (TPSA) is 42.1 Å². The minimum Gasteiger partial charge on any atom is -0.427 e. The van der Waals surface area contributed by atoms with Crippen molar-refractivity contribution in [1.29, 1.82) is 0 Å². The number of hydrogen-bond donors (Lipinski definition) is 1. The van der Waals surface area contributed by atoms with E-state index in [4.69, 9.17) is 4.74 Å². The number of fused-ring (bicyclic) bond motifs is 5. The molecule has 4 atom stereocenters. The largest absolute Gasteiger partial charge is 0.427 e. The maximum absolute atomic E-state index is 11.2. The lowest BCUT2D eigenvalue weighted by molar-refractivity contribution is -0.978. The van der Waals surface area contributed by atoms with Crippen LogP contribution in [0.2, 0.25) is 0 Å². The van der Waals surface area contributed by atoms with Gasteiger partial charge < -0.3 is 14.2 Å². The Morgan fingerprint density at radius 2 is 2.24 bits per heavy atom. The molecule has 0 unspecified atom stereocenters. The van der Waals surface area contributed by atoms with Crippen LogP contribution < -0.4 is 4.74 Å². The van der Waals surface area contributed by atoms with E-state index in [2.05, 4.69) is 18.0 Å². The molecule has 0 amide bonds. The Bertz CT molecular complexity index is 855. The monoisotopic (exact) mass is 339 g/mol. The zero-order valence-electron chi connectivity index (χ0n) is 15.2. The molecule has 1 aromatic heterocycles. The Morgan fingerprint density at radius 3 is 3.04 bits per heavy atom. The lowest BCUT2D eigenvalue weighted by atomic mass is 9.70. The van der Waals surface area contributed by atoms with Gasteiger partial charge in [0.2, 0.25) is 0 Å². The molecule has 3 fully saturated rings. The third-order valence-electron chi connectivity index (χ3n) is 7.23. The number of rotatable bonds is 2. The van der Waals surface area contributed by atoms with Crippen LogP contribution in [0.1, 0.15) is 50.4 Å². The summed E-state index contributed by atoms with van der Waals surface area (Å²) < 4.78 is 6.59. The van der Waals surface area contributed by atoms with Crippen molar-refractivity contribution in [3.8, 4) is 5.75 Å². The molecule has 4 heteroatoms. The molecule has 0 radical (unpaired) electrons. The van der Waals surface area contributed by atoms with Crippen LogP contribution in [-0.2, 0) is 11.2 Å². The Labute approximate surface area is 148 Å². The van der Waals surface area contributed by atoms with E-state index in [1.807, 2.05) is 12.1 Å². The smallest absolute Gasteiger partial charge is 0.308 e. The summed E-state index contributed by atoms with van der Waals surface area (Å²) in [7, 11) is 0. The van der Waals surface area contributed by atoms with Crippen LogP contribution in [0.25, 0.3) is 10.9 Å². The second kappa shape index (κ2) is 5.34. The van der Waals surface area contributed by atoms with Crippen molar-refractivity contribution in [2.75, 3.05) is 19.6 Å². The van der Waals surface area contributed by atoms with Crippen molar-refractivity contribution in [2.45, 2.75) is 45.6 Å². The molecule has 5 heterocycles. The molecule has 2 bridgehead atoms. The van der Waals surface area contributed by atoms with Gasteiger partial charge >= 0.3 is 5.97 Å². The maximum Gasteiger partial charge on any atom is 0.308 e.